The quantitative estimate of drug-likeness (QED) is 0.786. The molecule has 2 atom stereocenters. The van der Waals surface area contributed by atoms with Gasteiger partial charge in [0, 0.05) is 17.4 Å². The van der Waals surface area contributed by atoms with Gasteiger partial charge in [-0.25, -0.2) is 4.39 Å². The summed E-state index contributed by atoms with van der Waals surface area (Å²) in [6, 6.07) is 5.66. The largest absolute Gasteiger partial charge is 0.300 e. The zero-order valence-corrected chi connectivity index (χ0v) is 11.7. The monoisotopic (exact) mass is 274 g/mol. The first-order valence-electron chi connectivity index (χ1n) is 7.31. The van der Waals surface area contributed by atoms with Gasteiger partial charge in [-0.05, 0) is 68.7 Å². The van der Waals surface area contributed by atoms with Crippen LogP contribution in [0.5, 0.6) is 0 Å². The lowest BCUT2D eigenvalue weighted by molar-refractivity contribution is -0.123. The Balaban J connectivity index is 1.82. The Bertz CT molecular complexity index is 543. The fourth-order valence-electron chi connectivity index (χ4n) is 3.57. The zero-order valence-electron chi connectivity index (χ0n) is 11.7. The van der Waals surface area contributed by atoms with E-state index in [9.17, 15) is 14.0 Å². The minimum Gasteiger partial charge on any atom is -0.300 e. The van der Waals surface area contributed by atoms with E-state index >= 15 is 0 Å². The molecule has 1 aromatic carbocycles. The molecule has 3 rings (SSSR count). The lowest BCUT2D eigenvalue weighted by Gasteiger charge is -2.34. The molecule has 0 saturated heterocycles. The molecule has 0 bridgehead atoms. The van der Waals surface area contributed by atoms with Crippen LogP contribution < -0.4 is 0 Å². The number of halogens is 1. The summed E-state index contributed by atoms with van der Waals surface area (Å²) in [7, 11) is 0. The van der Waals surface area contributed by atoms with Gasteiger partial charge in [0.15, 0.2) is 5.78 Å². The molecule has 1 aromatic rings. The van der Waals surface area contributed by atoms with Gasteiger partial charge in [0.05, 0.1) is 0 Å². The maximum absolute atomic E-state index is 12.9. The lowest BCUT2D eigenvalue weighted by atomic mass is 9.68. The first-order valence-corrected chi connectivity index (χ1v) is 7.31. The van der Waals surface area contributed by atoms with Crippen LogP contribution >= 0.6 is 0 Å². The highest BCUT2D eigenvalue weighted by atomic mass is 19.1. The average Bonchev–Trinajstić information content (AvgIpc) is 3.18. The number of carbonyl (C=O) groups is 2. The van der Waals surface area contributed by atoms with Crippen molar-refractivity contribution in [3.8, 4) is 0 Å². The predicted molar refractivity (Wildman–Crippen MR) is 73.9 cm³/mol. The molecule has 106 valence electrons. The highest BCUT2D eigenvalue weighted by molar-refractivity contribution is 6.00. The minimum absolute atomic E-state index is 0.000648. The van der Waals surface area contributed by atoms with Crippen molar-refractivity contribution in [2.45, 2.75) is 39.0 Å². The number of hydrogen-bond donors (Lipinski definition) is 0. The Morgan fingerprint density at radius 3 is 2.30 bits per heavy atom. The first kappa shape index (κ1) is 13.5. The molecular weight excluding hydrogens is 255 g/mol. The second kappa shape index (κ2) is 4.80. The molecule has 0 heterocycles. The average molecular weight is 274 g/mol. The maximum atomic E-state index is 12.9. The van der Waals surface area contributed by atoms with E-state index in [4.69, 9.17) is 0 Å². The second-order valence-electron chi connectivity index (χ2n) is 6.44. The van der Waals surface area contributed by atoms with Crippen molar-refractivity contribution in [1.29, 1.82) is 0 Å². The van der Waals surface area contributed by atoms with Gasteiger partial charge in [-0.15, -0.1) is 0 Å². The lowest BCUT2D eigenvalue weighted by Crippen LogP contribution is -2.35. The standard InChI is InChI=1S/C17H19FO2/c1-11(19)15-10-17(8-9-17)7-6-14(15)16(20)12-2-4-13(18)5-3-12/h2-5,14-15H,6-10H2,1H3/t14?,15-/m0/s1. The SMILES string of the molecule is CC(=O)[C@@H]1CC2(CCC1C(=O)c1ccc(F)cc1)CC2. The molecule has 0 amide bonds. The van der Waals surface area contributed by atoms with Crippen LogP contribution in [0.25, 0.3) is 0 Å². The number of benzene rings is 1. The molecule has 2 fully saturated rings. The van der Waals surface area contributed by atoms with Crippen molar-refractivity contribution in [2.75, 3.05) is 0 Å². The number of ketones is 2. The maximum Gasteiger partial charge on any atom is 0.166 e. The highest BCUT2D eigenvalue weighted by Crippen LogP contribution is 2.59. The second-order valence-corrected chi connectivity index (χ2v) is 6.44. The van der Waals surface area contributed by atoms with E-state index in [1.807, 2.05) is 0 Å². The summed E-state index contributed by atoms with van der Waals surface area (Å²) in [5, 5.41) is 0. The molecule has 0 N–H and O–H groups in total. The molecule has 1 unspecified atom stereocenters. The minimum atomic E-state index is -0.342. The molecule has 2 nitrogen and oxygen atoms in total. The van der Waals surface area contributed by atoms with Crippen LogP contribution in [0.15, 0.2) is 24.3 Å². The van der Waals surface area contributed by atoms with Crippen molar-refractivity contribution in [3.63, 3.8) is 0 Å². The Labute approximate surface area is 118 Å². The van der Waals surface area contributed by atoms with Gasteiger partial charge in [0.1, 0.15) is 11.6 Å². The molecular formula is C17H19FO2. The summed E-state index contributed by atoms with van der Waals surface area (Å²) < 4.78 is 12.9. The Kier molecular flexibility index (Phi) is 3.23. The summed E-state index contributed by atoms with van der Waals surface area (Å²) in [6.45, 7) is 1.59. The zero-order chi connectivity index (χ0) is 14.3. The molecule has 2 aliphatic carbocycles. The number of Topliss-reactive ketones (excluding diaryl/α,β-unsaturated/α-hetero) is 2. The van der Waals surface area contributed by atoms with Gasteiger partial charge in [0.2, 0.25) is 0 Å². The summed E-state index contributed by atoms with van der Waals surface area (Å²) in [6.07, 6.45) is 5.11. The molecule has 0 aromatic heterocycles. The summed E-state index contributed by atoms with van der Waals surface area (Å²) >= 11 is 0. The van der Waals surface area contributed by atoms with Crippen molar-refractivity contribution in [3.05, 3.63) is 35.6 Å². The van der Waals surface area contributed by atoms with Crippen LogP contribution in [0.1, 0.15) is 49.4 Å². The van der Waals surface area contributed by atoms with E-state index in [-0.39, 0.29) is 29.2 Å². The van der Waals surface area contributed by atoms with Crippen molar-refractivity contribution in [1.82, 2.24) is 0 Å². The molecule has 20 heavy (non-hydrogen) atoms. The van der Waals surface area contributed by atoms with Crippen LogP contribution in [-0.4, -0.2) is 11.6 Å². The summed E-state index contributed by atoms with van der Waals surface area (Å²) in [5.41, 5.74) is 0.880. The normalized spacial score (nSPS) is 27.3. The van der Waals surface area contributed by atoms with Gasteiger partial charge < -0.3 is 0 Å². The van der Waals surface area contributed by atoms with Gasteiger partial charge in [-0.1, -0.05) is 0 Å². The van der Waals surface area contributed by atoms with Crippen LogP contribution in [0.3, 0.4) is 0 Å². The Hall–Kier alpha value is -1.51. The Morgan fingerprint density at radius 1 is 1.10 bits per heavy atom. The van der Waals surface area contributed by atoms with Gasteiger partial charge in [-0.3, -0.25) is 9.59 Å². The van der Waals surface area contributed by atoms with Crippen molar-refractivity contribution in [2.24, 2.45) is 17.3 Å². The van der Waals surface area contributed by atoms with E-state index in [1.54, 1.807) is 6.92 Å². The fourth-order valence-corrected chi connectivity index (χ4v) is 3.57. The molecule has 2 saturated carbocycles. The number of carbonyl (C=O) groups excluding carboxylic acids is 2. The van der Waals surface area contributed by atoms with Crippen molar-refractivity contribution >= 4 is 11.6 Å². The first-order chi connectivity index (χ1) is 9.51. The molecule has 0 aliphatic heterocycles. The van der Waals surface area contributed by atoms with Crippen LogP contribution in [0, 0.1) is 23.1 Å². The smallest absolute Gasteiger partial charge is 0.166 e. The topological polar surface area (TPSA) is 34.1 Å². The van der Waals surface area contributed by atoms with E-state index < -0.39 is 0 Å². The highest BCUT2D eigenvalue weighted by Gasteiger charge is 2.51. The third-order valence-corrected chi connectivity index (χ3v) is 5.07. The number of rotatable bonds is 3. The van der Waals surface area contributed by atoms with Gasteiger partial charge >= 0.3 is 0 Å². The predicted octanol–water partition coefficient (Wildman–Crippen LogP) is 3.79. The van der Waals surface area contributed by atoms with Crippen LogP contribution in [0.4, 0.5) is 4.39 Å². The fraction of sp³-hybridized carbons (Fsp3) is 0.529. The molecule has 3 heteroatoms. The summed E-state index contributed by atoms with van der Waals surface area (Å²) in [5.74, 6) is -0.588. The van der Waals surface area contributed by atoms with Crippen LogP contribution in [0.2, 0.25) is 0 Å². The molecule has 2 aliphatic rings. The van der Waals surface area contributed by atoms with E-state index in [1.165, 1.54) is 37.1 Å². The summed E-state index contributed by atoms with van der Waals surface area (Å²) in [4.78, 5) is 24.5. The third kappa shape index (κ3) is 2.41. The van der Waals surface area contributed by atoms with E-state index in [0.717, 1.165) is 19.3 Å². The van der Waals surface area contributed by atoms with Crippen molar-refractivity contribution < 1.29 is 14.0 Å². The van der Waals surface area contributed by atoms with Gasteiger partial charge in [0.25, 0.3) is 0 Å². The van der Waals surface area contributed by atoms with E-state index in [0.29, 0.717) is 11.0 Å². The van der Waals surface area contributed by atoms with E-state index in [2.05, 4.69) is 0 Å². The third-order valence-electron chi connectivity index (χ3n) is 5.07. The Morgan fingerprint density at radius 2 is 1.75 bits per heavy atom. The van der Waals surface area contributed by atoms with Crippen LogP contribution in [-0.2, 0) is 4.79 Å². The number of hydrogen-bond acceptors (Lipinski definition) is 2. The molecule has 1 spiro atoms. The van der Waals surface area contributed by atoms with Gasteiger partial charge in [-0.2, -0.15) is 0 Å². The molecule has 0 radical (unpaired) electrons.